The van der Waals surface area contributed by atoms with Crippen LogP contribution in [0, 0.1) is 0 Å². The fourth-order valence-corrected chi connectivity index (χ4v) is 12.4. The summed E-state index contributed by atoms with van der Waals surface area (Å²) in [7, 11) is 0. The van der Waals surface area contributed by atoms with E-state index in [9.17, 15) is 39.0 Å². The first-order valence-electron chi connectivity index (χ1n) is 24.4. The molecule has 6 atom stereocenters. The molecule has 0 radical (unpaired) electrons. The number of nitrogens with one attached hydrogen (secondary N) is 4. The molecule has 17 heteroatoms. The number of β-lactam (4-membered cyclic amide) rings is 2. The zero-order valence-electron chi connectivity index (χ0n) is 41.8. The van der Waals surface area contributed by atoms with E-state index < -0.39 is 45.6 Å². The number of thioether (sulfide) groups is 2. The quantitative estimate of drug-likeness (QED) is 0.0479. The summed E-state index contributed by atoms with van der Waals surface area (Å²) < 4.78 is -1.16. The number of pyridine rings is 1. The molecule has 15 nitrogen and oxygen atoms in total. The van der Waals surface area contributed by atoms with Crippen LogP contribution < -0.4 is 21.3 Å². The summed E-state index contributed by atoms with van der Waals surface area (Å²) in [5, 5.41) is 32.9. The molecular weight excluding hydrogens is 975 g/mol. The third kappa shape index (κ3) is 14.0. The van der Waals surface area contributed by atoms with Gasteiger partial charge < -0.3 is 41.3 Å². The van der Waals surface area contributed by atoms with Crippen molar-refractivity contribution in [2.75, 3.05) is 13.1 Å². The molecule has 5 aromatic carbocycles. The second-order valence-corrected chi connectivity index (χ2v) is 22.7. The summed E-state index contributed by atoms with van der Waals surface area (Å²) in [5.41, 5.74) is 4.41. The van der Waals surface area contributed by atoms with Crippen molar-refractivity contribution in [3.05, 3.63) is 186 Å². The SMILES string of the molecule is CC1(C)S[C@@H]2[C@H](NC(=O)Cc3ccccc3)C(=O)N2[C@H]1C(=O)O.CC1(C)S[C@@H]2[C@H](NC(=O)Cc3ccccc3)C(=O)N2[C@H]1C(=O)O.c1ccc(CNCCNCc2ccccc2)cc1.c1ccc2cnccc2c1. The standard InChI is InChI=1S/2C16H18N2O4S.C16H20N2.C9H7N/c2*1-16(2)12(15(21)22)18-13(20)11(14(18)23-16)17-10(19)8-9-6-4-3-5-7-9;1-3-7-15(8-4-1)13-17-11-12-18-14-16-9-5-2-6-10-16;1-2-4-9-7-10-6-5-8(9)3-1/h2*3-7,11-12,14H,8H2,1-2H3,(H,17,19)(H,21,22);1-10,17-18H,11-14H2;1-7H/t2*11-,12+,14-;;/m11../s1. The summed E-state index contributed by atoms with van der Waals surface area (Å²) in [4.78, 5) is 78.4. The molecule has 6 aromatic rings. The minimum atomic E-state index is -1.01. The van der Waals surface area contributed by atoms with Crippen molar-refractivity contribution in [1.29, 1.82) is 0 Å². The number of hydrogen-bond acceptors (Lipinski definition) is 11. The smallest absolute Gasteiger partial charge is 0.327 e. The van der Waals surface area contributed by atoms with Gasteiger partial charge in [0.05, 0.1) is 12.8 Å². The lowest BCUT2D eigenvalue weighted by Crippen LogP contribution is -2.70. The van der Waals surface area contributed by atoms with Crippen LogP contribution in [0.2, 0.25) is 0 Å². The maximum atomic E-state index is 12.3. The average molecular weight is 1040 g/mol. The lowest BCUT2D eigenvalue weighted by molar-refractivity contribution is -0.161. The molecule has 0 bridgehead atoms. The van der Waals surface area contributed by atoms with E-state index in [1.165, 1.54) is 55.2 Å². The Morgan fingerprint density at radius 3 is 1.23 bits per heavy atom. The molecule has 4 saturated heterocycles. The van der Waals surface area contributed by atoms with Crippen molar-refractivity contribution in [2.45, 2.75) is 98.0 Å². The van der Waals surface area contributed by atoms with Gasteiger partial charge in [-0.1, -0.05) is 146 Å². The predicted octanol–water partition coefficient (Wildman–Crippen LogP) is 6.52. The van der Waals surface area contributed by atoms with E-state index in [-0.39, 0.29) is 47.2 Å². The molecule has 4 amide bonds. The van der Waals surface area contributed by atoms with Gasteiger partial charge in [0.15, 0.2) is 0 Å². The molecule has 4 fully saturated rings. The van der Waals surface area contributed by atoms with E-state index >= 15 is 0 Å². The largest absolute Gasteiger partial charge is 0.480 e. The molecule has 0 aliphatic carbocycles. The van der Waals surface area contributed by atoms with Crippen molar-refractivity contribution in [3.63, 3.8) is 0 Å². The van der Waals surface area contributed by atoms with Crippen LogP contribution in [0.4, 0.5) is 0 Å². The lowest BCUT2D eigenvalue weighted by Gasteiger charge is -2.43. The van der Waals surface area contributed by atoms with Gasteiger partial charge in [-0.05, 0) is 66.8 Å². The number of aliphatic carboxylic acids is 2. The van der Waals surface area contributed by atoms with Gasteiger partial charge in [0.1, 0.15) is 34.9 Å². The number of carbonyl (C=O) groups is 6. The second kappa shape index (κ2) is 25.3. The van der Waals surface area contributed by atoms with Crippen LogP contribution in [0.5, 0.6) is 0 Å². The Bertz CT molecular complexity index is 2640. The van der Waals surface area contributed by atoms with E-state index in [0.29, 0.717) is 0 Å². The lowest BCUT2D eigenvalue weighted by atomic mass is 9.96. The third-order valence-corrected chi connectivity index (χ3v) is 15.9. The van der Waals surface area contributed by atoms with Crippen molar-refractivity contribution in [1.82, 2.24) is 36.1 Å². The normalized spacial score (nSPS) is 21.3. The maximum Gasteiger partial charge on any atom is 0.327 e. The van der Waals surface area contributed by atoms with Gasteiger partial charge in [0, 0.05) is 48.1 Å². The number of rotatable bonds is 15. The monoisotopic (exact) mass is 1040 g/mol. The first-order valence-corrected chi connectivity index (χ1v) is 26.2. The molecule has 386 valence electrons. The minimum absolute atomic E-state index is 0.202. The van der Waals surface area contributed by atoms with Crippen LogP contribution in [0.3, 0.4) is 0 Å². The van der Waals surface area contributed by atoms with Gasteiger partial charge in [-0.25, -0.2) is 9.59 Å². The molecule has 0 saturated carbocycles. The number of carboxylic acids is 2. The molecule has 10 rings (SSSR count). The zero-order valence-corrected chi connectivity index (χ0v) is 43.4. The van der Waals surface area contributed by atoms with Gasteiger partial charge >= 0.3 is 11.9 Å². The van der Waals surface area contributed by atoms with Gasteiger partial charge in [0.25, 0.3) is 0 Å². The third-order valence-electron chi connectivity index (χ3n) is 12.8. The molecule has 74 heavy (non-hydrogen) atoms. The topological polar surface area (TPSA) is 210 Å². The molecule has 4 aliphatic rings. The number of benzene rings is 5. The van der Waals surface area contributed by atoms with Crippen molar-refractivity contribution >= 4 is 69.9 Å². The van der Waals surface area contributed by atoms with Crippen LogP contribution >= 0.6 is 23.5 Å². The summed E-state index contributed by atoms with van der Waals surface area (Å²) in [5.74, 6) is -3.11. The number of hydrogen-bond donors (Lipinski definition) is 6. The number of amides is 4. The first-order chi connectivity index (χ1) is 35.5. The first kappa shape index (κ1) is 54.7. The van der Waals surface area contributed by atoms with Gasteiger partial charge in [-0.3, -0.25) is 24.2 Å². The van der Waals surface area contributed by atoms with E-state index in [0.717, 1.165) is 37.3 Å². The van der Waals surface area contributed by atoms with Gasteiger partial charge in [-0.15, -0.1) is 23.5 Å². The summed E-state index contributed by atoms with van der Waals surface area (Å²) in [6.07, 6.45) is 4.08. The van der Waals surface area contributed by atoms with Crippen LogP contribution in [0.15, 0.2) is 164 Å². The fourth-order valence-electron chi connectivity index (χ4n) is 9.16. The number of fused-ring (bicyclic) bond motifs is 3. The van der Waals surface area contributed by atoms with Crippen LogP contribution in [0.25, 0.3) is 10.8 Å². The van der Waals surface area contributed by atoms with Crippen molar-refractivity contribution < 1.29 is 39.0 Å². The van der Waals surface area contributed by atoms with Crippen LogP contribution in [-0.4, -0.2) is 118 Å². The van der Waals surface area contributed by atoms with Crippen molar-refractivity contribution in [3.8, 4) is 0 Å². The van der Waals surface area contributed by atoms with E-state index in [1.807, 2.05) is 131 Å². The van der Waals surface area contributed by atoms with Gasteiger partial charge in [0.2, 0.25) is 23.6 Å². The Hall–Kier alpha value is -7.05. The molecule has 1 aromatic heterocycles. The second-order valence-electron chi connectivity index (χ2n) is 19.2. The number of carbonyl (C=O) groups excluding carboxylic acids is 4. The molecule has 5 heterocycles. The molecular formula is C57H63N7O8S2. The van der Waals surface area contributed by atoms with Crippen LogP contribution in [-0.2, 0) is 54.7 Å². The predicted molar refractivity (Wildman–Crippen MR) is 290 cm³/mol. The zero-order chi connectivity index (χ0) is 52.8. The number of carboxylic acid groups (broad SMARTS) is 2. The summed E-state index contributed by atoms with van der Waals surface area (Å²) in [6, 6.07) is 46.7. The highest BCUT2D eigenvalue weighted by atomic mass is 32.2. The summed E-state index contributed by atoms with van der Waals surface area (Å²) >= 11 is 2.85. The van der Waals surface area contributed by atoms with E-state index in [4.69, 9.17) is 0 Å². The number of aromatic nitrogens is 1. The molecule has 0 spiro atoms. The highest BCUT2D eigenvalue weighted by Crippen LogP contribution is 2.52. The molecule has 0 unspecified atom stereocenters. The minimum Gasteiger partial charge on any atom is -0.480 e. The van der Waals surface area contributed by atoms with E-state index in [1.54, 1.807) is 0 Å². The van der Waals surface area contributed by atoms with Gasteiger partial charge in [-0.2, -0.15) is 0 Å². The number of nitrogens with zero attached hydrogens (tertiary/aromatic N) is 3. The highest BCUT2D eigenvalue weighted by molar-refractivity contribution is 8.02. The van der Waals surface area contributed by atoms with Crippen LogP contribution in [0.1, 0.15) is 49.9 Å². The average Bonchev–Trinajstić information content (AvgIpc) is 3.81. The van der Waals surface area contributed by atoms with Crippen molar-refractivity contribution in [2.24, 2.45) is 0 Å². The van der Waals surface area contributed by atoms with E-state index in [2.05, 4.69) is 86.9 Å². The Balaban J connectivity index is 0.000000149. The highest BCUT2D eigenvalue weighted by Gasteiger charge is 2.65. The fraction of sp³-hybridized carbons (Fsp3) is 0.316. The maximum absolute atomic E-state index is 12.3. The Morgan fingerprint density at radius 2 is 0.865 bits per heavy atom. The Labute approximate surface area is 440 Å². The Kier molecular flexibility index (Phi) is 18.7. The summed E-state index contributed by atoms with van der Waals surface area (Å²) in [6.45, 7) is 11.1. The molecule has 4 aliphatic heterocycles. The molecule has 6 N–H and O–H groups in total. The Morgan fingerprint density at radius 1 is 0.514 bits per heavy atom.